The number of halogens is 2. The number of rotatable bonds is 5. The van der Waals surface area contributed by atoms with Crippen LogP contribution in [0.5, 0.6) is 0 Å². The lowest BCUT2D eigenvalue weighted by atomic mass is 10.1. The molecule has 0 saturated heterocycles. The van der Waals surface area contributed by atoms with Gasteiger partial charge in [-0.3, -0.25) is 14.9 Å². The number of carbonyl (C=O) groups is 1. The monoisotopic (exact) mass is 304 g/mol. The Kier molecular flexibility index (Phi) is 5.43. The van der Waals surface area contributed by atoms with E-state index in [9.17, 15) is 23.7 Å². The largest absolute Gasteiger partial charge is 0.338 e. The van der Waals surface area contributed by atoms with Gasteiger partial charge in [0.2, 0.25) is 5.82 Å². The van der Waals surface area contributed by atoms with Gasteiger partial charge in [0.25, 0.3) is 5.91 Å². The molecule has 5 nitrogen and oxygen atoms in total. The van der Waals surface area contributed by atoms with Crippen LogP contribution in [0.3, 0.4) is 0 Å². The van der Waals surface area contributed by atoms with Gasteiger partial charge in [-0.2, -0.15) is 16.2 Å². The standard InChI is InChI=1S/C12H14F2N2O3S/c1-7(6-20-3)15(2)12(17)10-8(13)4-5-9(11(10)14)16(18)19/h4-5,7H,6H2,1-3H3. The predicted octanol–water partition coefficient (Wildman–Crippen LogP) is 2.70. The highest BCUT2D eigenvalue weighted by molar-refractivity contribution is 7.98. The van der Waals surface area contributed by atoms with E-state index in [1.165, 1.54) is 23.7 Å². The molecular formula is C12H14F2N2O3S. The minimum Gasteiger partial charge on any atom is -0.338 e. The molecule has 1 atom stereocenters. The molecule has 0 aliphatic carbocycles. The summed E-state index contributed by atoms with van der Waals surface area (Å²) < 4.78 is 27.5. The number of thioether (sulfide) groups is 1. The zero-order valence-electron chi connectivity index (χ0n) is 11.2. The zero-order chi connectivity index (χ0) is 15.4. The Hall–Kier alpha value is -1.70. The average Bonchev–Trinajstić information content (AvgIpc) is 2.37. The quantitative estimate of drug-likeness (QED) is 0.620. The molecule has 1 unspecified atom stereocenters. The van der Waals surface area contributed by atoms with E-state index in [2.05, 4.69) is 0 Å². The summed E-state index contributed by atoms with van der Waals surface area (Å²) in [5.74, 6) is -2.88. The van der Waals surface area contributed by atoms with Gasteiger partial charge >= 0.3 is 5.69 Å². The molecule has 1 aromatic carbocycles. The first kappa shape index (κ1) is 16.4. The molecule has 20 heavy (non-hydrogen) atoms. The van der Waals surface area contributed by atoms with E-state index < -0.39 is 33.7 Å². The van der Waals surface area contributed by atoms with Gasteiger partial charge in [0.1, 0.15) is 11.4 Å². The van der Waals surface area contributed by atoms with Crippen LogP contribution in [-0.4, -0.2) is 40.8 Å². The molecule has 0 saturated carbocycles. The summed E-state index contributed by atoms with van der Waals surface area (Å²) in [5, 5.41) is 10.6. The topological polar surface area (TPSA) is 63.5 Å². The van der Waals surface area contributed by atoms with Crippen molar-refractivity contribution >= 4 is 23.4 Å². The third kappa shape index (κ3) is 3.24. The molecule has 0 bridgehead atoms. The van der Waals surface area contributed by atoms with Crippen molar-refractivity contribution in [1.29, 1.82) is 0 Å². The highest BCUT2D eigenvalue weighted by Gasteiger charge is 2.29. The minimum absolute atomic E-state index is 0.254. The van der Waals surface area contributed by atoms with Crippen LogP contribution in [0.25, 0.3) is 0 Å². The van der Waals surface area contributed by atoms with Gasteiger partial charge in [0.15, 0.2) is 0 Å². The second-order valence-electron chi connectivity index (χ2n) is 4.23. The lowest BCUT2D eigenvalue weighted by Gasteiger charge is -2.24. The third-order valence-electron chi connectivity index (χ3n) is 2.87. The summed E-state index contributed by atoms with van der Waals surface area (Å²) in [6.45, 7) is 1.72. The van der Waals surface area contributed by atoms with E-state index in [4.69, 9.17) is 0 Å². The molecule has 0 heterocycles. The zero-order valence-corrected chi connectivity index (χ0v) is 12.0. The molecule has 0 spiro atoms. The number of nitro groups is 1. The van der Waals surface area contributed by atoms with E-state index in [1.807, 2.05) is 6.26 Å². The second-order valence-corrected chi connectivity index (χ2v) is 5.14. The molecule has 0 fully saturated rings. The highest BCUT2D eigenvalue weighted by atomic mass is 32.2. The van der Waals surface area contributed by atoms with Crippen LogP contribution in [0.4, 0.5) is 14.5 Å². The molecule has 0 aromatic heterocycles. The lowest BCUT2D eigenvalue weighted by Crippen LogP contribution is -2.37. The maximum absolute atomic E-state index is 13.9. The van der Waals surface area contributed by atoms with Crippen LogP contribution in [0.15, 0.2) is 12.1 Å². The number of benzene rings is 1. The summed E-state index contributed by atoms with van der Waals surface area (Å²) in [4.78, 5) is 22.9. The number of amides is 1. The number of nitro benzene ring substituents is 1. The Morgan fingerprint density at radius 1 is 1.50 bits per heavy atom. The molecule has 0 N–H and O–H groups in total. The van der Waals surface area contributed by atoms with E-state index in [0.717, 1.165) is 6.07 Å². The van der Waals surface area contributed by atoms with Crippen molar-refractivity contribution in [2.75, 3.05) is 19.1 Å². The van der Waals surface area contributed by atoms with Gasteiger partial charge in [-0.05, 0) is 19.2 Å². The molecule has 1 rings (SSSR count). The molecule has 0 aliphatic rings. The average molecular weight is 304 g/mol. The van der Waals surface area contributed by atoms with E-state index in [0.29, 0.717) is 11.8 Å². The summed E-state index contributed by atoms with van der Waals surface area (Å²) >= 11 is 1.48. The minimum atomic E-state index is -1.44. The molecule has 1 aromatic rings. The summed E-state index contributed by atoms with van der Waals surface area (Å²) in [7, 11) is 1.40. The fourth-order valence-electron chi connectivity index (χ4n) is 1.61. The van der Waals surface area contributed by atoms with E-state index in [1.54, 1.807) is 6.92 Å². The molecule has 0 aliphatic heterocycles. The molecule has 8 heteroatoms. The Bertz CT molecular complexity index is 540. The SMILES string of the molecule is CSCC(C)N(C)C(=O)c1c(F)ccc([N+](=O)[O-])c1F. The Labute approximate surface area is 119 Å². The van der Waals surface area contributed by atoms with Crippen molar-refractivity contribution in [3.8, 4) is 0 Å². The van der Waals surface area contributed by atoms with Crippen molar-refractivity contribution in [2.45, 2.75) is 13.0 Å². The van der Waals surface area contributed by atoms with Crippen LogP contribution in [-0.2, 0) is 0 Å². The van der Waals surface area contributed by atoms with E-state index in [-0.39, 0.29) is 6.04 Å². The lowest BCUT2D eigenvalue weighted by molar-refractivity contribution is -0.387. The van der Waals surface area contributed by atoms with Crippen LogP contribution in [0, 0.1) is 21.7 Å². The molecule has 0 radical (unpaired) electrons. The molecule has 1 amide bonds. The number of hydrogen-bond donors (Lipinski definition) is 0. The maximum Gasteiger partial charge on any atom is 0.305 e. The first-order valence-corrected chi connectivity index (χ1v) is 7.09. The van der Waals surface area contributed by atoms with Crippen LogP contribution < -0.4 is 0 Å². The van der Waals surface area contributed by atoms with Crippen LogP contribution >= 0.6 is 11.8 Å². The second kappa shape index (κ2) is 6.65. The molecular weight excluding hydrogens is 290 g/mol. The fourth-order valence-corrected chi connectivity index (χ4v) is 2.31. The van der Waals surface area contributed by atoms with Crippen molar-refractivity contribution in [1.82, 2.24) is 4.90 Å². The Morgan fingerprint density at radius 3 is 2.60 bits per heavy atom. The predicted molar refractivity (Wildman–Crippen MR) is 72.9 cm³/mol. The van der Waals surface area contributed by atoms with Gasteiger partial charge in [-0.15, -0.1) is 0 Å². The molecule has 110 valence electrons. The summed E-state index contributed by atoms with van der Waals surface area (Å²) in [5.41, 5.74) is -1.81. The Balaban J connectivity index is 3.22. The van der Waals surface area contributed by atoms with Crippen LogP contribution in [0.2, 0.25) is 0 Å². The van der Waals surface area contributed by atoms with Crippen molar-refractivity contribution in [2.24, 2.45) is 0 Å². The van der Waals surface area contributed by atoms with Crippen molar-refractivity contribution in [3.05, 3.63) is 39.4 Å². The van der Waals surface area contributed by atoms with Gasteiger partial charge < -0.3 is 4.90 Å². The first-order valence-electron chi connectivity index (χ1n) is 5.69. The normalized spacial score (nSPS) is 12.1. The van der Waals surface area contributed by atoms with Gasteiger partial charge in [-0.25, -0.2) is 4.39 Å². The number of hydrogen-bond acceptors (Lipinski definition) is 4. The van der Waals surface area contributed by atoms with Crippen LogP contribution in [0.1, 0.15) is 17.3 Å². The number of nitrogens with zero attached hydrogens (tertiary/aromatic N) is 2. The van der Waals surface area contributed by atoms with Gasteiger partial charge in [0, 0.05) is 24.9 Å². The first-order chi connectivity index (χ1) is 9.31. The highest BCUT2D eigenvalue weighted by Crippen LogP contribution is 2.24. The summed E-state index contributed by atoms with van der Waals surface area (Å²) in [6, 6.07) is 1.17. The number of carbonyl (C=O) groups excluding carboxylic acids is 1. The van der Waals surface area contributed by atoms with E-state index >= 15 is 0 Å². The third-order valence-corrected chi connectivity index (χ3v) is 3.69. The smallest absolute Gasteiger partial charge is 0.305 e. The fraction of sp³-hybridized carbons (Fsp3) is 0.417. The van der Waals surface area contributed by atoms with Gasteiger partial charge in [-0.1, -0.05) is 0 Å². The van der Waals surface area contributed by atoms with Gasteiger partial charge in [0.05, 0.1) is 4.92 Å². The van der Waals surface area contributed by atoms with Crippen molar-refractivity contribution < 1.29 is 18.5 Å². The van der Waals surface area contributed by atoms with Crippen molar-refractivity contribution in [3.63, 3.8) is 0 Å². The summed E-state index contributed by atoms with van der Waals surface area (Å²) in [6.07, 6.45) is 1.84. The maximum atomic E-state index is 13.9. The Morgan fingerprint density at radius 2 is 2.10 bits per heavy atom.